The van der Waals surface area contributed by atoms with Gasteiger partial charge in [-0.15, -0.1) is 0 Å². The van der Waals surface area contributed by atoms with Crippen molar-refractivity contribution in [3.8, 4) is 11.5 Å². The van der Waals surface area contributed by atoms with E-state index in [1.165, 1.54) is 11.8 Å². The van der Waals surface area contributed by atoms with Crippen molar-refractivity contribution in [1.29, 1.82) is 0 Å². The molecular formula is C20H20N2O3S. The minimum atomic E-state index is 0.0559. The number of benzene rings is 2. The first-order valence-corrected chi connectivity index (χ1v) is 9.75. The second-order valence-electron chi connectivity index (χ2n) is 6.05. The molecule has 0 unspecified atom stereocenters. The maximum atomic E-state index is 12.7. The molecule has 26 heavy (non-hydrogen) atoms. The highest BCUT2D eigenvalue weighted by molar-refractivity contribution is 7.99. The number of Topliss-reactive ketones (excluding diaryl/α,β-unsaturated/α-hetero) is 1. The van der Waals surface area contributed by atoms with Crippen LogP contribution in [0.25, 0.3) is 11.0 Å². The van der Waals surface area contributed by atoms with Gasteiger partial charge in [0.1, 0.15) is 0 Å². The molecule has 3 aromatic rings. The molecule has 0 saturated carbocycles. The smallest absolute Gasteiger partial charge is 0.173 e. The molecule has 1 aromatic heterocycles. The molecule has 0 spiro atoms. The van der Waals surface area contributed by atoms with Gasteiger partial charge in [-0.3, -0.25) is 4.79 Å². The molecule has 2 heterocycles. The lowest BCUT2D eigenvalue weighted by Gasteiger charge is -2.09. The van der Waals surface area contributed by atoms with Gasteiger partial charge in [0.2, 0.25) is 0 Å². The minimum Gasteiger partial charge on any atom is -0.490 e. The quantitative estimate of drug-likeness (QED) is 0.499. The lowest BCUT2D eigenvalue weighted by atomic mass is 10.1. The standard InChI is InChI=1S/C20H20N2O3S/c1-2-22-16-7-4-3-6-15(16)21-20(22)26-13-17(23)14-8-9-18-19(12-14)25-11-5-10-24-18/h3-4,6-9,12H,2,5,10-11,13H2,1H3. The molecule has 0 aliphatic carbocycles. The van der Waals surface area contributed by atoms with Crippen molar-refractivity contribution >= 4 is 28.6 Å². The lowest BCUT2D eigenvalue weighted by Crippen LogP contribution is -2.05. The molecule has 4 rings (SSSR count). The molecule has 0 radical (unpaired) electrons. The summed E-state index contributed by atoms with van der Waals surface area (Å²) in [7, 11) is 0. The van der Waals surface area contributed by atoms with Crippen molar-refractivity contribution in [1.82, 2.24) is 9.55 Å². The van der Waals surface area contributed by atoms with Gasteiger partial charge < -0.3 is 14.0 Å². The molecule has 134 valence electrons. The summed E-state index contributed by atoms with van der Waals surface area (Å²) in [4.78, 5) is 17.3. The summed E-state index contributed by atoms with van der Waals surface area (Å²) < 4.78 is 13.4. The average Bonchev–Trinajstić information content (AvgIpc) is 2.86. The monoisotopic (exact) mass is 368 g/mol. The molecule has 1 aliphatic heterocycles. The van der Waals surface area contributed by atoms with E-state index in [1.807, 2.05) is 24.3 Å². The number of rotatable bonds is 5. The summed E-state index contributed by atoms with van der Waals surface area (Å²) in [6.45, 7) is 4.16. The number of aryl methyl sites for hydroxylation is 1. The number of carbonyl (C=O) groups is 1. The van der Waals surface area contributed by atoms with E-state index in [1.54, 1.807) is 12.1 Å². The van der Waals surface area contributed by atoms with Crippen molar-refractivity contribution in [2.24, 2.45) is 0 Å². The summed E-state index contributed by atoms with van der Waals surface area (Å²) in [6, 6.07) is 13.4. The second kappa shape index (κ2) is 7.41. The summed E-state index contributed by atoms with van der Waals surface area (Å²) in [5.74, 6) is 1.75. The molecule has 0 saturated heterocycles. The predicted molar refractivity (Wildman–Crippen MR) is 103 cm³/mol. The fourth-order valence-electron chi connectivity index (χ4n) is 3.02. The van der Waals surface area contributed by atoms with Crippen LogP contribution < -0.4 is 9.47 Å². The third-order valence-corrected chi connectivity index (χ3v) is 5.31. The van der Waals surface area contributed by atoms with E-state index < -0.39 is 0 Å². The number of para-hydroxylation sites is 2. The van der Waals surface area contributed by atoms with Crippen LogP contribution in [0.3, 0.4) is 0 Å². The van der Waals surface area contributed by atoms with Gasteiger partial charge >= 0.3 is 0 Å². The SMILES string of the molecule is CCn1c(SCC(=O)c2ccc3c(c2)OCCCO3)nc2ccccc21. The van der Waals surface area contributed by atoms with Crippen LogP contribution in [0.5, 0.6) is 11.5 Å². The van der Waals surface area contributed by atoms with E-state index in [9.17, 15) is 4.79 Å². The zero-order chi connectivity index (χ0) is 17.9. The van der Waals surface area contributed by atoms with Crippen molar-refractivity contribution in [2.45, 2.75) is 25.0 Å². The Balaban J connectivity index is 1.52. The zero-order valence-electron chi connectivity index (χ0n) is 14.6. The predicted octanol–water partition coefficient (Wildman–Crippen LogP) is 4.19. The van der Waals surface area contributed by atoms with Gasteiger partial charge in [0.15, 0.2) is 22.4 Å². The van der Waals surface area contributed by atoms with Gasteiger partial charge in [-0.1, -0.05) is 23.9 Å². The second-order valence-corrected chi connectivity index (χ2v) is 6.99. The number of nitrogens with zero attached hydrogens (tertiary/aromatic N) is 2. The van der Waals surface area contributed by atoms with E-state index in [4.69, 9.17) is 9.47 Å². The molecule has 5 nitrogen and oxygen atoms in total. The Morgan fingerprint density at radius 3 is 2.81 bits per heavy atom. The average molecular weight is 368 g/mol. The number of fused-ring (bicyclic) bond motifs is 2. The van der Waals surface area contributed by atoms with Crippen molar-refractivity contribution in [2.75, 3.05) is 19.0 Å². The normalized spacial score (nSPS) is 13.6. The summed E-state index contributed by atoms with van der Waals surface area (Å²) in [5.41, 5.74) is 2.70. The number of carbonyl (C=O) groups excluding carboxylic acids is 1. The van der Waals surface area contributed by atoms with E-state index in [2.05, 4.69) is 22.5 Å². The Morgan fingerprint density at radius 2 is 1.96 bits per heavy atom. The Hall–Kier alpha value is -2.47. The van der Waals surface area contributed by atoms with E-state index in [0.717, 1.165) is 29.2 Å². The molecule has 0 fully saturated rings. The molecule has 0 bridgehead atoms. The highest BCUT2D eigenvalue weighted by Crippen LogP contribution is 2.31. The Morgan fingerprint density at radius 1 is 1.15 bits per heavy atom. The Bertz CT molecular complexity index is 951. The minimum absolute atomic E-state index is 0.0559. The largest absolute Gasteiger partial charge is 0.490 e. The van der Waals surface area contributed by atoms with Crippen LogP contribution in [0.15, 0.2) is 47.6 Å². The summed E-state index contributed by atoms with van der Waals surface area (Å²) in [6.07, 6.45) is 0.848. The van der Waals surface area contributed by atoms with Crippen LogP contribution in [-0.4, -0.2) is 34.3 Å². The zero-order valence-corrected chi connectivity index (χ0v) is 15.4. The number of aromatic nitrogens is 2. The Kier molecular flexibility index (Phi) is 4.84. The van der Waals surface area contributed by atoms with Crippen LogP contribution in [0, 0.1) is 0 Å². The third-order valence-electron chi connectivity index (χ3n) is 4.34. The summed E-state index contributed by atoms with van der Waals surface area (Å²) in [5, 5.41) is 0.872. The molecular weight excluding hydrogens is 348 g/mol. The maximum absolute atomic E-state index is 12.7. The van der Waals surface area contributed by atoms with Crippen LogP contribution >= 0.6 is 11.8 Å². The first kappa shape index (κ1) is 17.0. The fraction of sp³-hybridized carbons (Fsp3) is 0.300. The number of ketones is 1. The van der Waals surface area contributed by atoms with Crippen molar-refractivity contribution < 1.29 is 14.3 Å². The molecule has 2 aromatic carbocycles. The molecule has 0 atom stereocenters. The van der Waals surface area contributed by atoms with Gasteiger partial charge in [-0.05, 0) is 37.3 Å². The fourth-order valence-corrected chi connectivity index (χ4v) is 3.99. The highest BCUT2D eigenvalue weighted by atomic mass is 32.2. The van der Waals surface area contributed by atoms with E-state index in [-0.39, 0.29) is 5.78 Å². The third kappa shape index (κ3) is 3.29. The number of ether oxygens (including phenoxy) is 2. The number of hydrogen-bond donors (Lipinski definition) is 0. The van der Waals surface area contributed by atoms with Gasteiger partial charge in [0.25, 0.3) is 0 Å². The maximum Gasteiger partial charge on any atom is 0.173 e. The van der Waals surface area contributed by atoms with Crippen LogP contribution in [0.2, 0.25) is 0 Å². The van der Waals surface area contributed by atoms with Crippen molar-refractivity contribution in [3.05, 3.63) is 48.0 Å². The van der Waals surface area contributed by atoms with Gasteiger partial charge in [-0.25, -0.2) is 4.98 Å². The van der Waals surface area contributed by atoms with E-state index in [0.29, 0.717) is 36.0 Å². The number of thioether (sulfide) groups is 1. The molecule has 0 N–H and O–H groups in total. The van der Waals surface area contributed by atoms with Crippen LogP contribution in [0.1, 0.15) is 23.7 Å². The van der Waals surface area contributed by atoms with E-state index >= 15 is 0 Å². The van der Waals surface area contributed by atoms with Gasteiger partial charge in [0, 0.05) is 18.5 Å². The van der Waals surface area contributed by atoms with Crippen LogP contribution in [0.4, 0.5) is 0 Å². The molecule has 0 amide bonds. The number of imidazole rings is 1. The van der Waals surface area contributed by atoms with Gasteiger partial charge in [-0.2, -0.15) is 0 Å². The number of hydrogen-bond acceptors (Lipinski definition) is 5. The molecule has 6 heteroatoms. The summed E-state index contributed by atoms with van der Waals surface area (Å²) >= 11 is 1.47. The first-order valence-electron chi connectivity index (χ1n) is 8.77. The topological polar surface area (TPSA) is 53.4 Å². The molecule has 1 aliphatic rings. The van der Waals surface area contributed by atoms with Crippen LogP contribution in [-0.2, 0) is 6.54 Å². The first-order chi connectivity index (χ1) is 12.8. The van der Waals surface area contributed by atoms with Gasteiger partial charge in [0.05, 0.1) is 30.0 Å². The highest BCUT2D eigenvalue weighted by Gasteiger charge is 2.16. The van der Waals surface area contributed by atoms with Crippen molar-refractivity contribution in [3.63, 3.8) is 0 Å². The lowest BCUT2D eigenvalue weighted by molar-refractivity contribution is 0.102. The Labute approximate surface area is 156 Å².